The number of carbonyl (C=O) groups excluding carboxylic acids is 1. The molecule has 2 aliphatic rings. The zero-order valence-corrected chi connectivity index (χ0v) is 18.4. The fourth-order valence-corrected chi connectivity index (χ4v) is 5.86. The molecule has 0 aromatic carbocycles. The van der Waals surface area contributed by atoms with Crippen molar-refractivity contribution in [2.75, 3.05) is 0 Å². The first-order valence-electron chi connectivity index (χ1n) is 10.1. The lowest BCUT2D eigenvalue weighted by Crippen LogP contribution is -2.67. The standard InChI is InChI=1S/C21H39N3O3/c1-18(2)10-14(11-19(3,4)22-18)24(16(25)9-17(26)27)15-12-20(5,6)23-21(7,8)13-15/h14-15,22-23H,9-13H2,1-8H3,(H,26,27). The predicted octanol–water partition coefficient (Wildman–Crippen LogP) is 2.91. The maximum atomic E-state index is 13.1. The van der Waals surface area contributed by atoms with Crippen molar-refractivity contribution in [2.45, 2.75) is 122 Å². The molecule has 0 spiro atoms. The summed E-state index contributed by atoms with van der Waals surface area (Å²) in [5, 5.41) is 16.6. The molecule has 3 N–H and O–H groups in total. The number of aliphatic carboxylic acids is 1. The van der Waals surface area contributed by atoms with Crippen LogP contribution >= 0.6 is 0 Å². The summed E-state index contributed by atoms with van der Waals surface area (Å²) in [6.45, 7) is 17.3. The molecule has 2 heterocycles. The highest BCUT2D eigenvalue weighted by molar-refractivity contribution is 5.93. The minimum atomic E-state index is -1.05. The summed E-state index contributed by atoms with van der Waals surface area (Å²) in [5.41, 5.74) is -0.420. The molecule has 6 nitrogen and oxygen atoms in total. The maximum absolute atomic E-state index is 13.1. The van der Waals surface area contributed by atoms with Crippen LogP contribution in [0.15, 0.2) is 0 Å². The van der Waals surface area contributed by atoms with Crippen LogP contribution in [-0.4, -0.2) is 56.1 Å². The largest absolute Gasteiger partial charge is 0.481 e. The van der Waals surface area contributed by atoms with E-state index in [4.69, 9.17) is 0 Å². The summed E-state index contributed by atoms with van der Waals surface area (Å²) in [4.78, 5) is 26.4. The van der Waals surface area contributed by atoms with Gasteiger partial charge in [-0.2, -0.15) is 0 Å². The van der Waals surface area contributed by atoms with Crippen LogP contribution in [0, 0.1) is 0 Å². The Bertz CT molecular complexity index is 525. The zero-order chi connectivity index (χ0) is 20.8. The molecule has 6 heteroatoms. The molecule has 0 aromatic heterocycles. The van der Waals surface area contributed by atoms with Crippen molar-refractivity contribution in [2.24, 2.45) is 0 Å². The van der Waals surface area contributed by atoms with Crippen LogP contribution in [0.1, 0.15) is 87.5 Å². The molecule has 0 unspecified atom stereocenters. The van der Waals surface area contributed by atoms with E-state index in [1.165, 1.54) is 0 Å². The minimum Gasteiger partial charge on any atom is -0.481 e. The molecular weight excluding hydrogens is 342 g/mol. The summed E-state index contributed by atoms with van der Waals surface area (Å²) < 4.78 is 0. The number of carboxylic acid groups (broad SMARTS) is 1. The molecule has 1 amide bonds. The fraction of sp³-hybridized carbons (Fsp3) is 0.905. The van der Waals surface area contributed by atoms with E-state index in [2.05, 4.69) is 66.0 Å². The molecule has 156 valence electrons. The average molecular weight is 382 g/mol. The van der Waals surface area contributed by atoms with Gasteiger partial charge in [-0.15, -0.1) is 0 Å². The second-order valence-electron chi connectivity index (χ2n) is 11.3. The molecule has 0 aliphatic carbocycles. The van der Waals surface area contributed by atoms with Gasteiger partial charge in [-0.05, 0) is 81.1 Å². The molecule has 2 fully saturated rings. The van der Waals surface area contributed by atoms with Crippen molar-refractivity contribution >= 4 is 11.9 Å². The van der Waals surface area contributed by atoms with Crippen molar-refractivity contribution in [3.63, 3.8) is 0 Å². The topological polar surface area (TPSA) is 81.7 Å². The van der Waals surface area contributed by atoms with Gasteiger partial charge in [0.25, 0.3) is 0 Å². The SMILES string of the molecule is CC1(C)CC(N(C(=O)CC(=O)O)C2CC(C)(C)NC(C)(C)C2)CC(C)(C)N1. The number of rotatable bonds is 4. The molecule has 2 saturated heterocycles. The molecule has 0 radical (unpaired) electrons. The number of hydrogen-bond donors (Lipinski definition) is 3. The van der Waals surface area contributed by atoms with E-state index in [-0.39, 0.29) is 40.1 Å². The Labute approximate surface area is 164 Å². The highest BCUT2D eigenvalue weighted by atomic mass is 16.4. The number of nitrogens with one attached hydrogen (secondary N) is 2. The number of carboxylic acids is 1. The van der Waals surface area contributed by atoms with Gasteiger partial charge in [0.15, 0.2) is 0 Å². The Kier molecular flexibility index (Phi) is 5.77. The van der Waals surface area contributed by atoms with Crippen molar-refractivity contribution in [1.82, 2.24) is 15.5 Å². The summed E-state index contributed by atoms with van der Waals surface area (Å²) in [5.74, 6) is -1.30. The van der Waals surface area contributed by atoms with Gasteiger partial charge in [0, 0.05) is 34.2 Å². The number of nitrogens with zero attached hydrogens (tertiary/aromatic N) is 1. The molecule has 2 aliphatic heterocycles. The van der Waals surface area contributed by atoms with Gasteiger partial charge < -0.3 is 20.6 Å². The van der Waals surface area contributed by atoms with E-state index >= 15 is 0 Å². The van der Waals surface area contributed by atoms with Crippen LogP contribution < -0.4 is 10.6 Å². The van der Waals surface area contributed by atoms with E-state index in [1.807, 2.05) is 4.90 Å². The number of hydrogen-bond acceptors (Lipinski definition) is 4. The highest BCUT2D eigenvalue weighted by Crippen LogP contribution is 2.38. The lowest BCUT2D eigenvalue weighted by atomic mass is 9.75. The van der Waals surface area contributed by atoms with Crippen LogP contribution in [0.4, 0.5) is 0 Å². The second-order valence-corrected chi connectivity index (χ2v) is 11.3. The lowest BCUT2D eigenvalue weighted by molar-refractivity contribution is -0.149. The van der Waals surface area contributed by atoms with Crippen molar-refractivity contribution in [1.29, 1.82) is 0 Å². The first kappa shape index (κ1) is 22.2. The molecule has 27 heavy (non-hydrogen) atoms. The van der Waals surface area contributed by atoms with Gasteiger partial charge in [-0.25, -0.2) is 0 Å². The predicted molar refractivity (Wildman–Crippen MR) is 108 cm³/mol. The van der Waals surface area contributed by atoms with Gasteiger partial charge in [-0.1, -0.05) is 0 Å². The van der Waals surface area contributed by atoms with Crippen LogP contribution in [0.25, 0.3) is 0 Å². The third-order valence-corrected chi connectivity index (χ3v) is 5.71. The summed E-state index contributed by atoms with van der Waals surface area (Å²) in [6.07, 6.45) is 2.87. The fourth-order valence-electron chi connectivity index (χ4n) is 5.86. The van der Waals surface area contributed by atoms with Gasteiger partial charge in [0.2, 0.25) is 5.91 Å². The Morgan fingerprint density at radius 1 is 0.778 bits per heavy atom. The first-order chi connectivity index (χ1) is 12.0. The van der Waals surface area contributed by atoms with Crippen molar-refractivity contribution in [3.05, 3.63) is 0 Å². The molecule has 0 aromatic rings. The minimum absolute atomic E-state index is 0.0396. The third-order valence-electron chi connectivity index (χ3n) is 5.71. The lowest BCUT2D eigenvalue weighted by Gasteiger charge is -2.55. The van der Waals surface area contributed by atoms with E-state index in [1.54, 1.807) is 0 Å². The quantitative estimate of drug-likeness (QED) is 0.652. The Balaban J connectivity index is 2.39. The van der Waals surface area contributed by atoms with Gasteiger partial charge >= 0.3 is 5.97 Å². The number of piperidine rings is 2. The zero-order valence-electron chi connectivity index (χ0n) is 18.4. The molecule has 0 saturated carbocycles. The molecular formula is C21H39N3O3. The van der Waals surface area contributed by atoms with Crippen LogP contribution in [0.2, 0.25) is 0 Å². The summed E-state index contributed by atoms with van der Waals surface area (Å²) in [7, 11) is 0. The third kappa shape index (κ3) is 5.92. The number of carbonyl (C=O) groups is 2. The normalized spacial score (nSPS) is 27.1. The van der Waals surface area contributed by atoms with E-state index in [0.29, 0.717) is 0 Å². The van der Waals surface area contributed by atoms with Gasteiger partial charge in [0.05, 0.1) is 0 Å². The van der Waals surface area contributed by atoms with Crippen molar-refractivity contribution in [3.8, 4) is 0 Å². The highest BCUT2D eigenvalue weighted by Gasteiger charge is 2.47. The summed E-state index contributed by atoms with van der Waals surface area (Å²) >= 11 is 0. The van der Waals surface area contributed by atoms with Crippen LogP contribution in [0.5, 0.6) is 0 Å². The summed E-state index contributed by atoms with van der Waals surface area (Å²) in [6, 6.07) is 0.0793. The van der Waals surface area contributed by atoms with E-state index < -0.39 is 12.4 Å². The van der Waals surface area contributed by atoms with E-state index in [0.717, 1.165) is 25.7 Å². The maximum Gasteiger partial charge on any atom is 0.312 e. The number of amides is 1. The van der Waals surface area contributed by atoms with Gasteiger partial charge in [-0.3, -0.25) is 9.59 Å². The smallest absolute Gasteiger partial charge is 0.312 e. The van der Waals surface area contributed by atoms with Crippen molar-refractivity contribution < 1.29 is 14.7 Å². The second kappa shape index (κ2) is 7.03. The Hall–Kier alpha value is -1.14. The first-order valence-corrected chi connectivity index (χ1v) is 10.1. The molecule has 2 rings (SSSR count). The Morgan fingerprint density at radius 3 is 1.33 bits per heavy atom. The molecule has 0 bridgehead atoms. The van der Waals surface area contributed by atoms with Crippen LogP contribution in [-0.2, 0) is 9.59 Å². The van der Waals surface area contributed by atoms with Crippen LogP contribution in [0.3, 0.4) is 0 Å². The average Bonchev–Trinajstić information content (AvgIpc) is 2.28. The monoisotopic (exact) mass is 381 g/mol. The van der Waals surface area contributed by atoms with E-state index in [9.17, 15) is 14.7 Å². The van der Waals surface area contributed by atoms with Gasteiger partial charge in [0.1, 0.15) is 6.42 Å². The molecule has 0 atom stereocenters. The Morgan fingerprint density at radius 2 is 1.07 bits per heavy atom.